The number of hydrogen-bond donors (Lipinski definition) is 2. The van der Waals surface area contributed by atoms with Crippen LogP contribution in [0, 0.1) is 11.6 Å². The second-order valence-electron chi connectivity index (χ2n) is 17.3. The minimum atomic E-state index is -0.383. The highest BCUT2D eigenvalue weighted by Crippen LogP contribution is 2.65. The van der Waals surface area contributed by atoms with E-state index in [-0.39, 0.29) is 28.2 Å². The Bertz CT molecular complexity index is 3480. The molecular weight excluding hydrogens is 891 g/mol. The number of rotatable bonds is 2. The summed E-state index contributed by atoms with van der Waals surface area (Å²) < 4.78 is 27.9. The highest BCUT2D eigenvalue weighted by molar-refractivity contribution is 9.10. The quantitative estimate of drug-likeness (QED) is 0.170. The van der Waals surface area contributed by atoms with E-state index < -0.39 is 0 Å². The number of halogens is 3. The van der Waals surface area contributed by atoms with Crippen LogP contribution in [0.15, 0.2) is 235 Å². The normalized spacial score (nSPS) is 13.6. The third-order valence-electron chi connectivity index (χ3n) is 14.0. The molecule has 0 aliphatic heterocycles. The van der Waals surface area contributed by atoms with Gasteiger partial charge in [0.2, 0.25) is 0 Å². The molecule has 2 nitrogen and oxygen atoms in total. The van der Waals surface area contributed by atoms with Crippen molar-refractivity contribution in [3.63, 3.8) is 0 Å². The first-order chi connectivity index (χ1) is 32.9. The van der Waals surface area contributed by atoms with Crippen LogP contribution in [-0.4, -0.2) is 0 Å². The van der Waals surface area contributed by atoms with Gasteiger partial charge >= 0.3 is 0 Å². The molecule has 4 aliphatic rings. The van der Waals surface area contributed by atoms with Gasteiger partial charge in [-0.25, -0.2) is 8.78 Å². The summed E-state index contributed by atoms with van der Waals surface area (Å²) in [6.45, 7) is 0. The van der Waals surface area contributed by atoms with E-state index in [1.807, 2.05) is 12.1 Å². The van der Waals surface area contributed by atoms with Crippen LogP contribution in [0.1, 0.15) is 44.5 Å². The van der Waals surface area contributed by atoms with E-state index in [1.54, 1.807) is 24.3 Å². The van der Waals surface area contributed by atoms with E-state index in [9.17, 15) is 8.78 Å². The SMILES string of the molecule is Brc1cccc2c1-c1ccccc1C21c2ccccc2-c2ccccc21.Fc1ccccc1Nc1cccc2c1-c1ccccc1C21c2ccccc2-c2ccccc21.Nc1ccccc1F. The highest BCUT2D eigenvalue weighted by Gasteiger charge is 2.53. The van der Waals surface area contributed by atoms with Crippen LogP contribution in [0.3, 0.4) is 0 Å². The Kier molecular flexibility index (Phi) is 9.67. The molecule has 0 amide bonds. The summed E-state index contributed by atoms with van der Waals surface area (Å²) in [5, 5.41) is 3.39. The van der Waals surface area contributed by atoms with Crippen molar-refractivity contribution in [2.75, 3.05) is 11.1 Å². The number of benzene rings is 10. The minimum Gasteiger partial charge on any atom is -0.396 e. The number of nitrogens with one attached hydrogen (secondary N) is 1. The summed E-state index contributed by atoms with van der Waals surface area (Å²) in [6.07, 6.45) is 0. The molecule has 5 heteroatoms. The number of nitrogen functional groups attached to an aromatic ring is 1. The van der Waals surface area contributed by atoms with E-state index in [2.05, 4.69) is 197 Å². The molecule has 0 bridgehead atoms. The van der Waals surface area contributed by atoms with Gasteiger partial charge in [0.25, 0.3) is 0 Å². The lowest BCUT2D eigenvalue weighted by Crippen LogP contribution is -2.25. The Morgan fingerprint density at radius 1 is 0.313 bits per heavy atom. The zero-order valence-corrected chi connectivity index (χ0v) is 37.7. The first kappa shape index (κ1) is 40.6. The Morgan fingerprint density at radius 2 is 0.642 bits per heavy atom. The molecule has 2 spiro atoms. The van der Waals surface area contributed by atoms with Gasteiger partial charge in [-0.1, -0.05) is 210 Å². The number of hydrogen-bond acceptors (Lipinski definition) is 2. The molecule has 10 aromatic rings. The van der Waals surface area contributed by atoms with Gasteiger partial charge in [0.05, 0.1) is 22.2 Å². The van der Waals surface area contributed by atoms with Crippen molar-refractivity contribution < 1.29 is 8.78 Å². The zero-order valence-electron chi connectivity index (χ0n) is 36.2. The van der Waals surface area contributed by atoms with Gasteiger partial charge in [0, 0.05) is 21.3 Å². The molecule has 0 fully saturated rings. The Hall–Kier alpha value is -7.86. The van der Waals surface area contributed by atoms with Crippen molar-refractivity contribution in [2.45, 2.75) is 10.8 Å². The van der Waals surface area contributed by atoms with Gasteiger partial charge in [-0.2, -0.15) is 0 Å². The second kappa shape index (κ2) is 15.9. The molecule has 4 aliphatic carbocycles. The van der Waals surface area contributed by atoms with Gasteiger partial charge in [-0.15, -0.1) is 0 Å². The second-order valence-corrected chi connectivity index (χ2v) is 18.1. The molecule has 67 heavy (non-hydrogen) atoms. The van der Waals surface area contributed by atoms with E-state index in [0.717, 1.165) is 11.3 Å². The highest BCUT2D eigenvalue weighted by atomic mass is 79.9. The fourth-order valence-corrected chi connectivity index (χ4v) is 12.1. The molecule has 0 unspecified atom stereocenters. The summed E-state index contributed by atoms with van der Waals surface area (Å²) in [6, 6.07) is 78.8. The molecule has 0 radical (unpaired) electrons. The number of nitrogens with two attached hydrogens (primary N) is 1. The van der Waals surface area contributed by atoms with Crippen molar-refractivity contribution in [3.05, 3.63) is 291 Å². The lowest BCUT2D eigenvalue weighted by molar-refractivity contribution is 0.632. The predicted molar refractivity (Wildman–Crippen MR) is 274 cm³/mol. The molecular formula is C62H41BrF2N2. The minimum absolute atomic E-state index is 0.201. The van der Waals surface area contributed by atoms with E-state index in [0.29, 0.717) is 5.69 Å². The van der Waals surface area contributed by atoms with E-state index in [1.165, 1.54) is 106 Å². The van der Waals surface area contributed by atoms with Gasteiger partial charge in [-0.05, 0) is 114 Å². The molecule has 10 aromatic carbocycles. The lowest BCUT2D eigenvalue weighted by atomic mass is 9.70. The van der Waals surface area contributed by atoms with Crippen molar-refractivity contribution in [2.24, 2.45) is 0 Å². The number of anilines is 3. The van der Waals surface area contributed by atoms with Crippen LogP contribution >= 0.6 is 15.9 Å². The van der Waals surface area contributed by atoms with E-state index >= 15 is 0 Å². The molecule has 0 aromatic heterocycles. The molecule has 0 atom stereocenters. The van der Waals surface area contributed by atoms with Crippen LogP contribution in [0.25, 0.3) is 44.5 Å². The maximum atomic E-state index is 14.5. The van der Waals surface area contributed by atoms with Crippen LogP contribution in [0.2, 0.25) is 0 Å². The van der Waals surface area contributed by atoms with Gasteiger partial charge < -0.3 is 11.1 Å². The largest absolute Gasteiger partial charge is 0.396 e. The van der Waals surface area contributed by atoms with Gasteiger partial charge in [0.1, 0.15) is 11.6 Å². The zero-order chi connectivity index (χ0) is 45.3. The fourth-order valence-electron chi connectivity index (χ4n) is 11.5. The Balaban J connectivity index is 0.000000122. The summed E-state index contributed by atoms with van der Waals surface area (Å²) in [4.78, 5) is 0. The predicted octanol–water partition coefficient (Wildman–Crippen LogP) is 16.1. The van der Waals surface area contributed by atoms with Crippen LogP contribution in [-0.2, 0) is 10.8 Å². The maximum Gasteiger partial charge on any atom is 0.146 e. The fraction of sp³-hybridized carbons (Fsp3) is 0.0323. The van der Waals surface area contributed by atoms with Crippen molar-refractivity contribution in [1.29, 1.82) is 0 Å². The maximum absolute atomic E-state index is 14.5. The van der Waals surface area contributed by atoms with Crippen LogP contribution < -0.4 is 11.1 Å². The average Bonchev–Trinajstić information content (AvgIpc) is 4.06. The summed E-state index contributed by atoms with van der Waals surface area (Å²) >= 11 is 3.83. The number of fused-ring (bicyclic) bond motifs is 20. The Labute approximate surface area is 397 Å². The van der Waals surface area contributed by atoms with Gasteiger partial charge in [-0.3, -0.25) is 0 Å². The summed E-state index contributed by atoms with van der Waals surface area (Å²) in [5.41, 5.74) is 27.1. The monoisotopic (exact) mass is 930 g/mol. The van der Waals surface area contributed by atoms with Crippen LogP contribution in [0.4, 0.5) is 25.8 Å². The smallest absolute Gasteiger partial charge is 0.146 e. The standard InChI is InChI=1S/C31H20FN.C25H15Br.C6H6FN/c32-27-17-7-8-18-28(27)33-29-19-9-16-26-30(29)22-12-3-6-15-25(22)31(26)23-13-4-1-10-20(23)21-11-2-5-14-24(21)31;26-23-15-7-14-22-24(23)18-10-3-6-13-21(18)25(22)19-11-4-1-8-16(19)17-9-2-5-12-20(17)25;7-5-3-1-2-4-6(5)8/h1-19,33H;1-15H;1-4H,8H2. The summed E-state index contributed by atoms with van der Waals surface area (Å²) in [5.74, 6) is -0.611. The first-order valence-corrected chi connectivity index (χ1v) is 23.3. The topological polar surface area (TPSA) is 38.0 Å². The van der Waals surface area contributed by atoms with Gasteiger partial charge in [0.15, 0.2) is 0 Å². The first-order valence-electron chi connectivity index (χ1n) is 22.5. The van der Waals surface area contributed by atoms with Crippen molar-refractivity contribution >= 4 is 33.0 Å². The number of para-hydroxylation sites is 2. The van der Waals surface area contributed by atoms with Crippen molar-refractivity contribution in [3.8, 4) is 44.5 Å². The molecule has 14 rings (SSSR count). The molecule has 0 saturated heterocycles. The summed E-state index contributed by atoms with van der Waals surface area (Å²) in [7, 11) is 0. The third kappa shape index (κ3) is 5.91. The molecule has 3 N–H and O–H groups in total. The molecule has 320 valence electrons. The lowest BCUT2D eigenvalue weighted by Gasteiger charge is -2.30. The molecule has 0 saturated carbocycles. The average molecular weight is 932 g/mol. The third-order valence-corrected chi connectivity index (χ3v) is 14.7. The van der Waals surface area contributed by atoms with Crippen molar-refractivity contribution in [1.82, 2.24) is 0 Å². The molecule has 0 heterocycles. The van der Waals surface area contributed by atoms with E-state index in [4.69, 9.17) is 5.73 Å². The Morgan fingerprint density at radius 3 is 1.09 bits per heavy atom. The van der Waals surface area contributed by atoms with Crippen LogP contribution in [0.5, 0.6) is 0 Å².